The molecule has 2 aromatic rings. The molecule has 0 aliphatic heterocycles. The smallest absolute Gasteiger partial charge is 0.250 e. The number of thiophene rings is 1. The third-order valence-electron chi connectivity index (χ3n) is 2.96. The van der Waals surface area contributed by atoms with E-state index in [4.69, 9.17) is 0 Å². The minimum absolute atomic E-state index is 0.0484. The molecule has 0 saturated heterocycles. The number of aryl methyl sites for hydroxylation is 1. The number of rotatable bonds is 5. The van der Waals surface area contributed by atoms with Crippen LogP contribution >= 0.6 is 11.3 Å². The molecule has 0 aliphatic rings. The number of hydrogen-bond donors (Lipinski definition) is 1. The number of anilines is 1. The van der Waals surface area contributed by atoms with Gasteiger partial charge in [0, 0.05) is 23.7 Å². The lowest BCUT2D eigenvalue weighted by molar-refractivity contribution is 0.718. The predicted octanol–water partition coefficient (Wildman–Crippen LogP) is 3.49. The number of aromatic nitrogens is 1. The highest BCUT2D eigenvalue weighted by molar-refractivity contribution is 7.10. The summed E-state index contributed by atoms with van der Waals surface area (Å²) in [5.41, 5.74) is 1.05. The molecular weight excluding hydrogens is 244 g/mol. The fourth-order valence-electron chi connectivity index (χ4n) is 1.93. The largest absolute Gasteiger partial charge is 0.376 e. The van der Waals surface area contributed by atoms with Gasteiger partial charge in [-0.1, -0.05) is 13.0 Å². The van der Waals surface area contributed by atoms with E-state index in [-0.39, 0.29) is 5.56 Å². The third kappa shape index (κ3) is 2.82. The molecule has 0 saturated carbocycles. The van der Waals surface area contributed by atoms with E-state index in [1.54, 1.807) is 22.0 Å². The Morgan fingerprint density at radius 2 is 2.17 bits per heavy atom. The molecule has 0 amide bonds. The van der Waals surface area contributed by atoms with Crippen molar-refractivity contribution in [1.82, 2.24) is 4.57 Å². The van der Waals surface area contributed by atoms with Gasteiger partial charge in [0.05, 0.1) is 11.7 Å². The van der Waals surface area contributed by atoms with Crippen molar-refractivity contribution in [2.24, 2.45) is 0 Å². The van der Waals surface area contributed by atoms with Crippen LogP contribution in [0.3, 0.4) is 0 Å². The average Bonchev–Trinajstić information content (AvgIpc) is 2.91. The van der Waals surface area contributed by atoms with Crippen molar-refractivity contribution in [2.45, 2.75) is 32.9 Å². The zero-order valence-corrected chi connectivity index (χ0v) is 11.5. The molecule has 0 radical (unpaired) electrons. The predicted molar refractivity (Wildman–Crippen MR) is 77.3 cm³/mol. The maximum atomic E-state index is 11.5. The molecular formula is C14H18N2OS. The van der Waals surface area contributed by atoms with Crippen LogP contribution < -0.4 is 10.9 Å². The Balaban J connectivity index is 2.20. The van der Waals surface area contributed by atoms with Crippen LogP contribution in [-0.4, -0.2) is 4.57 Å². The first kappa shape index (κ1) is 12.9. The topological polar surface area (TPSA) is 34.0 Å². The highest BCUT2D eigenvalue weighted by Crippen LogP contribution is 2.25. The zero-order chi connectivity index (χ0) is 13.0. The molecule has 1 atom stereocenters. The van der Waals surface area contributed by atoms with E-state index in [9.17, 15) is 4.79 Å². The van der Waals surface area contributed by atoms with Gasteiger partial charge in [0.15, 0.2) is 0 Å². The molecule has 0 fully saturated rings. The van der Waals surface area contributed by atoms with E-state index < -0.39 is 0 Å². The second-order valence-electron chi connectivity index (χ2n) is 4.16. The van der Waals surface area contributed by atoms with Gasteiger partial charge in [0.1, 0.15) is 0 Å². The zero-order valence-electron chi connectivity index (χ0n) is 10.7. The Morgan fingerprint density at radius 3 is 2.78 bits per heavy atom. The number of nitrogens with zero attached hydrogens (tertiary/aromatic N) is 1. The van der Waals surface area contributed by atoms with E-state index >= 15 is 0 Å². The monoisotopic (exact) mass is 262 g/mol. The van der Waals surface area contributed by atoms with Crippen LogP contribution in [0.1, 0.15) is 31.2 Å². The Kier molecular flexibility index (Phi) is 4.20. The number of nitrogens with one attached hydrogen (secondary N) is 1. The lowest BCUT2D eigenvalue weighted by atomic mass is 10.2. The molecule has 0 spiro atoms. The quantitative estimate of drug-likeness (QED) is 0.895. The number of hydrogen-bond acceptors (Lipinski definition) is 3. The molecule has 4 heteroatoms. The van der Waals surface area contributed by atoms with Crippen molar-refractivity contribution in [1.29, 1.82) is 0 Å². The highest BCUT2D eigenvalue weighted by Gasteiger charge is 2.10. The van der Waals surface area contributed by atoms with Crippen LogP contribution in [0.5, 0.6) is 0 Å². The Labute approximate surface area is 111 Å². The van der Waals surface area contributed by atoms with Crippen molar-refractivity contribution in [3.63, 3.8) is 0 Å². The standard InChI is InChI=1S/C14H18N2OS/c1-3-12(13-6-5-9-18-13)15-11-7-8-14(17)16(4-2)10-11/h5-10,12,15H,3-4H2,1-2H3. The number of pyridine rings is 1. The molecule has 18 heavy (non-hydrogen) atoms. The molecule has 0 aliphatic carbocycles. The van der Waals surface area contributed by atoms with Gasteiger partial charge in [-0.3, -0.25) is 4.79 Å². The van der Waals surface area contributed by atoms with E-state index in [1.165, 1.54) is 4.88 Å². The summed E-state index contributed by atoms with van der Waals surface area (Å²) >= 11 is 1.76. The van der Waals surface area contributed by atoms with Gasteiger partial charge in [-0.15, -0.1) is 11.3 Å². The Hall–Kier alpha value is -1.55. The van der Waals surface area contributed by atoms with Crippen molar-refractivity contribution in [3.05, 3.63) is 51.1 Å². The van der Waals surface area contributed by atoms with Crippen molar-refractivity contribution >= 4 is 17.0 Å². The maximum Gasteiger partial charge on any atom is 0.250 e. The molecule has 2 aromatic heterocycles. The van der Waals surface area contributed by atoms with Gasteiger partial charge in [-0.2, -0.15) is 0 Å². The van der Waals surface area contributed by atoms with Crippen LogP contribution in [0.2, 0.25) is 0 Å². The summed E-state index contributed by atoms with van der Waals surface area (Å²) in [5, 5.41) is 5.57. The first-order chi connectivity index (χ1) is 8.74. The van der Waals surface area contributed by atoms with E-state index in [0.29, 0.717) is 12.6 Å². The van der Waals surface area contributed by atoms with Gasteiger partial charge in [-0.25, -0.2) is 0 Å². The van der Waals surface area contributed by atoms with E-state index in [2.05, 4.69) is 29.8 Å². The highest BCUT2D eigenvalue weighted by atomic mass is 32.1. The second-order valence-corrected chi connectivity index (χ2v) is 5.14. The first-order valence-electron chi connectivity index (χ1n) is 6.25. The summed E-state index contributed by atoms with van der Waals surface area (Å²) in [6.45, 7) is 4.83. The Morgan fingerprint density at radius 1 is 1.33 bits per heavy atom. The van der Waals surface area contributed by atoms with Gasteiger partial charge < -0.3 is 9.88 Å². The summed E-state index contributed by atoms with van der Waals surface area (Å²) in [6, 6.07) is 7.99. The Bertz CT molecular complexity index is 545. The van der Waals surface area contributed by atoms with Gasteiger partial charge in [-0.05, 0) is 30.9 Å². The summed E-state index contributed by atoms with van der Waals surface area (Å²) in [7, 11) is 0. The molecule has 3 nitrogen and oxygen atoms in total. The summed E-state index contributed by atoms with van der Waals surface area (Å²) in [6.07, 6.45) is 2.91. The molecule has 1 unspecified atom stereocenters. The van der Waals surface area contributed by atoms with Crippen LogP contribution in [0, 0.1) is 0 Å². The molecule has 2 rings (SSSR count). The second kappa shape index (κ2) is 5.87. The summed E-state index contributed by atoms with van der Waals surface area (Å²) < 4.78 is 1.71. The van der Waals surface area contributed by atoms with E-state index in [1.807, 2.05) is 19.2 Å². The minimum atomic E-state index is 0.0484. The van der Waals surface area contributed by atoms with Gasteiger partial charge >= 0.3 is 0 Å². The lowest BCUT2D eigenvalue weighted by Crippen LogP contribution is -2.18. The maximum absolute atomic E-state index is 11.5. The fraction of sp³-hybridized carbons (Fsp3) is 0.357. The minimum Gasteiger partial charge on any atom is -0.376 e. The summed E-state index contributed by atoms with van der Waals surface area (Å²) in [4.78, 5) is 12.8. The van der Waals surface area contributed by atoms with Crippen LogP contribution in [0.15, 0.2) is 40.6 Å². The molecule has 0 aromatic carbocycles. The molecule has 2 heterocycles. The lowest BCUT2D eigenvalue weighted by Gasteiger charge is -2.17. The average molecular weight is 262 g/mol. The van der Waals surface area contributed by atoms with Crippen molar-refractivity contribution in [2.75, 3.05) is 5.32 Å². The van der Waals surface area contributed by atoms with Crippen LogP contribution in [0.4, 0.5) is 5.69 Å². The van der Waals surface area contributed by atoms with Crippen LogP contribution in [0.25, 0.3) is 0 Å². The molecule has 0 bridgehead atoms. The summed E-state index contributed by atoms with van der Waals surface area (Å²) in [5.74, 6) is 0. The normalized spacial score (nSPS) is 12.3. The fourth-order valence-corrected chi connectivity index (χ4v) is 2.79. The molecule has 1 N–H and O–H groups in total. The molecule has 96 valence electrons. The van der Waals surface area contributed by atoms with Crippen molar-refractivity contribution < 1.29 is 0 Å². The van der Waals surface area contributed by atoms with Gasteiger partial charge in [0.2, 0.25) is 0 Å². The third-order valence-corrected chi connectivity index (χ3v) is 3.95. The van der Waals surface area contributed by atoms with E-state index in [0.717, 1.165) is 12.1 Å². The van der Waals surface area contributed by atoms with Gasteiger partial charge in [0.25, 0.3) is 5.56 Å². The van der Waals surface area contributed by atoms with Crippen LogP contribution in [-0.2, 0) is 6.54 Å². The first-order valence-corrected chi connectivity index (χ1v) is 7.13. The van der Waals surface area contributed by atoms with Crippen molar-refractivity contribution in [3.8, 4) is 0 Å². The SMILES string of the molecule is CCC(Nc1ccc(=O)n(CC)c1)c1cccs1.